The van der Waals surface area contributed by atoms with Crippen LogP contribution in [0.1, 0.15) is 48.5 Å². The highest BCUT2D eigenvalue weighted by Crippen LogP contribution is 2.32. The van der Waals surface area contributed by atoms with E-state index in [0.717, 1.165) is 18.1 Å². The van der Waals surface area contributed by atoms with Crippen molar-refractivity contribution in [2.24, 2.45) is 4.66 Å². The molecule has 0 aliphatic heterocycles. The molecule has 2 nitrogen and oxygen atoms in total. The number of aliphatic hydroxyl groups is 1. The van der Waals surface area contributed by atoms with Crippen molar-refractivity contribution in [2.45, 2.75) is 90.0 Å². The SMILES string of the molecule is CC[Si](CC)(CC)N=CC(C)(O)[Si](CC)(CC)CC. The Morgan fingerprint density at radius 3 is 1.47 bits per heavy atom. The fourth-order valence-electron chi connectivity index (χ4n) is 3.25. The molecule has 0 bridgehead atoms. The van der Waals surface area contributed by atoms with Gasteiger partial charge in [-0.25, -0.2) is 0 Å². The van der Waals surface area contributed by atoms with Crippen molar-refractivity contribution in [3.05, 3.63) is 0 Å². The van der Waals surface area contributed by atoms with Crippen LogP contribution >= 0.6 is 0 Å². The van der Waals surface area contributed by atoms with Crippen LogP contribution in [0.2, 0.25) is 36.3 Å². The van der Waals surface area contributed by atoms with Gasteiger partial charge in [0, 0.05) is 6.21 Å². The molecule has 0 radical (unpaired) electrons. The van der Waals surface area contributed by atoms with E-state index in [2.05, 4.69) is 41.5 Å². The minimum Gasteiger partial charge on any atom is -0.388 e. The molecule has 1 unspecified atom stereocenters. The first-order valence-electron chi connectivity index (χ1n) is 8.11. The highest BCUT2D eigenvalue weighted by Gasteiger charge is 2.44. The average Bonchev–Trinajstić information content (AvgIpc) is 2.43. The Bertz CT molecular complexity index is 265. The predicted octanol–water partition coefficient (Wildman–Crippen LogP) is 4.86. The minimum atomic E-state index is -1.65. The second-order valence-corrected chi connectivity index (χ2v) is 16.6. The van der Waals surface area contributed by atoms with Crippen LogP contribution in [-0.4, -0.2) is 32.9 Å². The van der Waals surface area contributed by atoms with Crippen LogP contribution in [0.4, 0.5) is 0 Å². The molecule has 0 fully saturated rings. The Morgan fingerprint density at radius 2 is 1.21 bits per heavy atom. The first-order chi connectivity index (χ1) is 8.82. The van der Waals surface area contributed by atoms with Crippen LogP contribution in [0.15, 0.2) is 4.66 Å². The zero-order valence-corrected chi connectivity index (χ0v) is 16.2. The van der Waals surface area contributed by atoms with Gasteiger partial charge in [-0.05, 0) is 25.1 Å². The zero-order chi connectivity index (χ0) is 15.2. The molecule has 0 aromatic carbocycles. The van der Waals surface area contributed by atoms with E-state index in [-0.39, 0.29) is 0 Å². The van der Waals surface area contributed by atoms with E-state index in [0.29, 0.717) is 0 Å². The summed E-state index contributed by atoms with van der Waals surface area (Å²) in [4.78, 5) is 0. The Kier molecular flexibility index (Phi) is 7.77. The van der Waals surface area contributed by atoms with Gasteiger partial charge in [-0.15, -0.1) is 0 Å². The maximum Gasteiger partial charge on any atom is 0.180 e. The van der Waals surface area contributed by atoms with E-state index in [9.17, 15) is 5.11 Å². The molecular weight excluding hydrogens is 266 g/mol. The molecule has 0 heterocycles. The molecule has 0 aliphatic rings. The largest absolute Gasteiger partial charge is 0.388 e. The molecule has 0 rings (SSSR count). The first kappa shape index (κ1) is 19.1. The van der Waals surface area contributed by atoms with Crippen LogP contribution in [0.25, 0.3) is 0 Å². The average molecular weight is 302 g/mol. The van der Waals surface area contributed by atoms with Gasteiger partial charge in [0.15, 0.2) is 8.24 Å². The summed E-state index contributed by atoms with van der Waals surface area (Å²) in [5, 5.41) is 10.4. The fraction of sp³-hybridized carbons (Fsp3) is 0.933. The minimum absolute atomic E-state index is 0.650. The van der Waals surface area contributed by atoms with E-state index >= 15 is 0 Å². The van der Waals surface area contributed by atoms with Crippen LogP contribution < -0.4 is 0 Å². The van der Waals surface area contributed by atoms with Gasteiger partial charge in [-0.1, -0.05) is 59.7 Å². The summed E-state index contributed by atoms with van der Waals surface area (Å²) in [5.41, 5.74) is 0. The Labute approximate surface area is 122 Å². The van der Waals surface area contributed by atoms with Crippen LogP contribution in [0.3, 0.4) is 0 Å². The van der Waals surface area contributed by atoms with Gasteiger partial charge >= 0.3 is 0 Å². The maximum absolute atomic E-state index is 11.0. The summed E-state index contributed by atoms with van der Waals surface area (Å²) in [7, 11) is -3.17. The lowest BCUT2D eigenvalue weighted by molar-refractivity contribution is 0.208. The smallest absolute Gasteiger partial charge is 0.180 e. The van der Waals surface area contributed by atoms with E-state index in [1.54, 1.807) is 0 Å². The molecule has 0 amide bonds. The summed E-state index contributed by atoms with van der Waals surface area (Å²) in [6, 6.07) is 6.97. The summed E-state index contributed by atoms with van der Waals surface area (Å²) in [6.45, 7) is 15.5. The number of rotatable bonds is 9. The van der Waals surface area contributed by atoms with E-state index in [1.165, 1.54) is 18.1 Å². The predicted molar refractivity (Wildman–Crippen MR) is 93.5 cm³/mol. The summed E-state index contributed by atoms with van der Waals surface area (Å²) < 4.78 is 4.99. The summed E-state index contributed by atoms with van der Waals surface area (Å²) >= 11 is 0. The van der Waals surface area contributed by atoms with Crippen LogP contribution in [0.5, 0.6) is 0 Å². The fourth-order valence-corrected chi connectivity index (χ4v) is 9.93. The molecule has 1 atom stereocenters. The highest BCUT2D eigenvalue weighted by atomic mass is 28.3. The van der Waals surface area contributed by atoms with Gasteiger partial charge in [0.05, 0.1) is 13.3 Å². The summed E-state index contributed by atoms with van der Waals surface area (Å²) in [6.07, 6.45) is 1.97. The second-order valence-electron chi connectivity index (χ2n) is 6.03. The Morgan fingerprint density at radius 1 is 0.842 bits per heavy atom. The van der Waals surface area contributed by atoms with Crippen molar-refractivity contribution in [2.75, 3.05) is 0 Å². The molecule has 1 N–H and O–H groups in total. The molecule has 4 heteroatoms. The molecule has 114 valence electrons. The lowest BCUT2D eigenvalue weighted by Crippen LogP contribution is -2.57. The van der Waals surface area contributed by atoms with Gasteiger partial charge < -0.3 is 9.76 Å². The summed E-state index contributed by atoms with van der Waals surface area (Å²) in [5.74, 6) is 0. The first-order valence-corrected chi connectivity index (χ1v) is 13.3. The Hall–Kier alpha value is 0.0638. The van der Waals surface area contributed by atoms with Gasteiger partial charge in [-0.3, -0.25) is 0 Å². The molecule has 0 saturated heterocycles. The molecule has 0 spiro atoms. The number of hydrogen-bond acceptors (Lipinski definition) is 2. The molecule has 19 heavy (non-hydrogen) atoms. The lowest BCUT2D eigenvalue weighted by atomic mass is 10.4. The topological polar surface area (TPSA) is 32.6 Å². The maximum atomic E-state index is 11.0. The quantitative estimate of drug-likeness (QED) is 0.478. The third-order valence-electron chi connectivity index (χ3n) is 5.67. The standard InChI is InChI=1S/C15H35NOSi2/c1-8-18(9-2,10-3)15(7,17)14-16-19(11-4,12-5)13-6/h14,17H,8-13H2,1-7H3. The molecular formula is C15H35NOSi2. The van der Waals surface area contributed by atoms with Crippen molar-refractivity contribution >= 4 is 22.5 Å². The van der Waals surface area contributed by atoms with Crippen molar-refractivity contribution < 1.29 is 5.11 Å². The molecule has 0 aromatic heterocycles. The Balaban J connectivity index is 5.32. The molecule has 0 saturated carbocycles. The third-order valence-corrected chi connectivity index (χ3v) is 16.6. The molecule has 0 aliphatic carbocycles. The second kappa shape index (κ2) is 7.74. The van der Waals surface area contributed by atoms with Crippen molar-refractivity contribution in [3.63, 3.8) is 0 Å². The third kappa shape index (κ3) is 4.02. The van der Waals surface area contributed by atoms with E-state index in [1.807, 2.05) is 13.1 Å². The van der Waals surface area contributed by atoms with Gasteiger partial charge in [0.1, 0.15) is 0 Å². The monoisotopic (exact) mass is 301 g/mol. The van der Waals surface area contributed by atoms with E-state index < -0.39 is 21.5 Å². The lowest BCUT2D eigenvalue weighted by Gasteiger charge is -2.40. The number of nitrogens with zero attached hydrogens (tertiary/aromatic N) is 1. The van der Waals surface area contributed by atoms with Crippen molar-refractivity contribution in [1.82, 2.24) is 0 Å². The van der Waals surface area contributed by atoms with Gasteiger partial charge in [-0.2, -0.15) is 0 Å². The van der Waals surface area contributed by atoms with Crippen LogP contribution in [-0.2, 0) is 0 Å². The van der Waals surface area contributed by atoms with E-state index in [4.69, 9.17) is 4.66 Å². The molecule has 0 aromatic rings. The highest BCUT2D eigenvalue weighted by molar-refractivity contribution is 6.85. The zero-order valence-electron chi connectivity index (χ0n) is 14.2. The van der Waals surface area contributed by atoms with Crippen LogP contribution in [0, 0.1) is 0 Å². The van der Waals surface area contributed by atoms with Crippen molar-refractivity contribution in [1.29, 1.82) is 0 Å². The van der Waals surface area contributed by atoms with Crippen molar-refractivity contribution in [3.8, 4) is 0 Å². The van der Waals surface area contributed by atoms with Gasteiger partial charge in [0.2, 0.25) is 0 Å². The number of hydrogen-bond donors (Lipinski definition) is 1. The van der Waals surface area contributed by atoms with Gasteiger partial charge in [0.25, 0.3) is 0 Å². The normalized spacial score (nSPS) is 16.8.